The molecule has 0 aromatic carbocycles. The van der Waals surface area contributed by atoms with Crippen molar-refractivity contribution < 1.29 is 43.2 Å². The number of aliphatic hydroxyl groups is 1. The fourth-order valence-corrected chi connectivity index (χ4v) is 8.03. The molecule has 3 fully saturated rings. The highest BCUT2D eigenvalue weighted by Crippen LogP contribution is 2.72. The highest BCUT2D eigenvalue weighted by Gasteiger charge is 2.90. The van der Waals surface area contributed by atoms with Gasteiger partial charge in [-0.05, 0) is 74.0 Å². The van der Waals surface area contributed by atoms with Crippen molar-refractivity contribution in [2.45, 2.75) is 108 Å². The maximum atomic E-state index is 14.6. The first-order chi connectivity index (χ1) is 19.4. The molecule has 1 saturated carbocycles. The van der Waals surface area contributed by atoms with Gasteiger partial charge in [0.2, 0.25) is 5.78 Å². The standard InChI is InChI=1S/C33H38O9/c1-17(2)9-10-20-22(34)19-12-14-28(5,6)39-23(19)24(35)33(20)40-25(36)21-13-15-30(38)26-29(7,8)41-31(27(30)37,16-11-18(3)4)32(21,26)42-33/h9,11-14,20,26,38H,10,15-16H2,1-8H3. The van der Waals surface area contributed by atoms with E-state index in [1.54, 1.807) is 52.0 Å². The molecule has 6 aliphatic rings. The van der Waals surface area contributed by atoms with E-state index in [-0.39, 0.29) is 36.2 Å². The van der Waals surface area contributed by atoms with Crippen molar-refractivity contribution in [2.75, 3.05) is 0 Å². The quantitative estimate of drug-likeness (QED) is 0.391. The van der Waals surface area contributed by atoms with Gasteiger partial charge in [0, 0.05) is 12.8 Å². The number of hydrogen-bond acceptors (Lipinski definition) is 9. The van der Waals surface area contributed by atoms with Crippen LogP contribution in [0.3, 0.4) is 0 Å². The van der Waals surface area contributed by atoms with Gasteiger partial charge in [-0.15, -0.1) is 0 Å². The molecule has 224 valence electrons. The van der Waals surface area contributed by atoms with Crippen LogP contribution < -0.4 is 0 Å². The first-order valence-electron chi connectivity index (χ1n) is 14.5. The van der Waals surface area contributed by atoms with Crippen LogP contribution in [0.2, 0.25) is 0 Å². The Kier molecular flexibility index (Phi) is 5.85. The summed E-state index contributed by atoms with van der Waals surface area (Å²) in [5.41, 5.74) is -5.88. The number of ketones is 3. The summed E-state index contributed by atoms with van der Waals surface area (Å²) < 4.78 is 25.5. The van der Waals surface area contributed by atoms with Gasteiger partial charge in [0.05, 0.1) is 28.6 Å². The summed E-state index contributed by atoms with van der Waals surface area (Å²) in [7, 11) is 0. The number of Topliss-reactive ketones (excluding diaryl/α,β-unsaturated/α-hetero) is 3. The minimum atomic E-state index is -2.46. The summed E-state index contributed by atoms with van der Waals surface area (Å²) in [6.07, 6.45) is 8.19. The van der Waals surface area contributed by atoms with E-state index < -0.39 is 68.9 Å². The van der Waals surface area contributed by atoms with Gasteiger partial charge < -0.3 is 24.1 Å². The highest BCUT2D eigenvalue weighted by atomic mass is 16.8. The van der Waals surface area contributed by atoms with Gasteiger partial charge in [-0.25, -0.2) is 4.79 Å². The van der Waals surface area contributed by atoms with Gasteiger partial charge in [0.1, 0.15) is 16.8 Å². The molecular weight excluding hydrogens is 540 g/mol. The Morgan fingerprint density at radius 3 is 2.29 bits per heavy atom. The van der Waals surface area contributed by atoms with Crippen LogP contribution in [0.25, 0.3) is 0 Å². The summed E-state index contributed by atoms with van der Waals surface area (Å²) in [5.74, 6) is -7.84. The normalized spacial score (nSPS) is 40.3. The number of allylic oxidation sites excluding steroid dienone is 5. The monoisotopic (exact) mass is 578 g/mol. The number of esters is 1. The molecule has 0 aromatic heterocycles. The van der Waals surface area contributed by atoms with Gasteiger partial charge in [0.15, 0.2) is 17.1 Å². The molecule has 4 bridgehead atoms. The van der Waals surface area contributed by atoms with Crippen LogP contribution in [0.5, 0.6) is 0 Å². The third kappa shape index (κ3) is 3.36. The van der Waals surface area contributed by atoms with Gasteiger partial charge in [-0.3, -0.25) is 14.4 Å². The molecule has 6 unspecified atom stereocenters. The largest absolute Gasteiger partial charge is 0.479 e. The Morgan fingerprint density at radius 2 is 1.64 bits per heavy atom. The number of ether oxygens (including phenoxy) is 4. The smallest absolute Gasteiger partial charge is 0.339 e. The second-order valence-corrected chi connectivity index (χ2v) is 14.0. The summed E-state index contributed by atoms with van der Waals surface area (Å²) in [5, 5.41) is 12.0. The van der Waals surface area contributed by atoms with Crippen molar-refractivity contribution >= 4 is 23.3 Å². The van der Waals surface area contributed by atoms with E-state index in [4.69, 9.17) is 18.9 Å². The van der Waals surface area contributed by atoms with Crippen LogP contribution in [-0.2, 0) is 38.1 Å². The van der Waals surface area contributed by atoms with E-state index in [9.17, 15) is 24.3 Å². The average Bonchev–Trinajstić information content (AvgIpc) is 3.13. The predicted octanol–water partition coefficient (Wildman–Crippen LogP) is 3.90. The fraction of sp³-hybridized carbons (Fsp3) is 0.576. The number of carbonyl (C=O) groups is 4. The summed E-state index contributed by atoms with van der Waals surface area (Å²) in [4.78, 5) is 57.3. The van der Waals surface area contributed by atoms with Crippen molar-refractivity contribution in [1.82, 2.24) is 0 Å². The fourth-order valence-electron chi connectivity index (χ4n) is 8.03. The van der Waals surface area contributed by atoms with Crippen LogP contribution in [0, 0.1) is 11.8 Å². The molecule has 3 aliphatic heterocycles. The minimum absolute atomic E-state index is 0.0158. The molecule has 6 rings (SSSR count). The van der Waals surface area contributed by atoms with Crippen molar-refractivity contribution in [2.24, 2.45) is 11.8 Å². The molecule has 3 heterocycles. The first-order valence-corrected chi connectivity index (χ1v) is 14.5. The molecule has 0 aromatic rings. The Labute approximate surface area is 245 Å². The molecular formula is C33H38O9. The SMILES string of the molecule is CC(C)=CCC1C(=O)C2=C(OC(C)(C)C=C2)C(=O)C12OC(=O)C1=CCC3(O)C(=O)C4(CC=C(C)C)OC(C)(C)C3C14O2. The zero-order valence-electron chi connectivity index (χ0n) is 25.4. The topological polar surface area (TPSA) is 125 Å². The van der Waals surface area contributed by atoms with E-state index in [0.29, 0.717) is 0 Å². The molecule has 9 nitrogen and oxygen atoms in total. The van der Waals surface area contributed by atoms with E-state index in [1.165, 1.54) is 6.08 Å². The Bertz CT molecular complexity index is 1510. The molecule has 2 saturated heterocycles. The summed E-state index contributed by atoms with van der Waals surface area (Å²) in [6.45, 7) is 14.4. The molecule has 0 radical (unpaired) electrons. The second kappa shape index (κ2) is 8.49. The Hall–Kier alpha value is -3.14. The molecule has 3 aliphatic carbocycles. The van der Waals surface area contributed by atoms with Gasteiger partial charge in [-0.2, -0.15) is 0 Å². The predicted molar refractivity (Wildman–Crippen MR) is 150 cm³/mol. The number of carbonyl (C=O) groups excluding carboxylic acids is 4. The molecule has 0 amide bonds. The molecule has 42 heavy (non-hydrogen) atoms. The zero-order valence-corrected chi connectivity index (χ0v) is 25.4. The van der Waals surface area contributed by atoms with E-state index in [0.717, 1.165) is 11.1 Å². The van der Waals surface area contributed by atoms with Gasteiger partial charge >= 0.3 is 5.97 Å². The molecule has 9 heteroatoms. The van der Waals surface area contributed by atoms with Crippen molar-refractivity contribution in [1.29, 1.82) is 0 Å². The molecule has 2 spiro atoms. The van der Waals surface area contributed by atoms with Crippen LogP contribution in [-0.4, -0.2) is 62.2 Å². The summed E-state index contributed by atoms with van der Waals surface area (Å²) in [6, 6.07) is 0. The lowest BCUT2D eigenvalue weighted by atomic mass is 9.64. The third-order valence-corrected chi connectivity index (χ3v) is 9.55. The minimum Gasteiger partial charge on any atom is -0.479 e. The van der Waals surface area contributed by atoms with Crippen LogP contribution in [0.15, 0.2) is 58.4 Å². The Morgan fingerprint density at radius 1 is 0.976 bits per heavy atom. The van der Waals surface area contributed by atoms with E-state index in [2.05, 4.69) is 0 Å². The van der Waals surface area contributed by atoms with Crippen LogP contribution >= 0.6 is 0 Å². The number of hydrogen-bond donors (Lipinski definition) is 1. The van der Waals surface area contributed by atoms with Gasteiger partial charge in [0.25, 0.3) is 11.6 Å². The Balaban J connectivity index is 1.64. The maximum Gasteiger partial charge on any atom is 0.339 e. The van der Waals surface area contributed by atoms with E-state index in [1.807, 2.05) is 27.7 Å². The van der Waals surface area contributed by atoms with Crippen molar-refractivity contribution in [3.05, 3.63) is 58.4 Å². The zero-order chi connectivity index (χ0) is 30.8. The summed E-state index contributed by atoms with van der Waals surface area (Å²) >= 11 is 0. The lowest BCUT2D eigenvalue weighted by Gasteiger charge is -2.54. The van der Waals surface area contributed by atoms with Gasteiger partial charge in [-0.1, -0.05) is 29.4 Å². The van der Waals surface area contributed by atoms with Crippen molar-refractivity contribution in [3.8, 4) is 0 Å². The highest BCUT2D eigenvalue weighted by molar-refractivity contribution is 6.19. The molecule has 1 N–H and O–H groups in total. The van der Waals surface area contributed by atoms with E-state index >= 15 is 0 Å². The van der Waals surface area contributed by atoms with Crippen LogP contribution in [0.4, 0.5) is 0 Å². The lowest BCUT2D eigenvalue weighted by Crippen LogP contribution is -2.71. The van der Waals surface area contributed by atoms with Crippen LogP contribution in [0.1, 0.15) is 74.7 Å². The number of rotatable bonds is 4. The maximum absolute atomic E-state index is 14.6. The lowest BCUT2D eigenvalue weighted by molar-refractivity contribution is -0.308. The average molecular weight is 579 g/mol. The third-order valence-electron chi connectivity index (χ3n) is 9.55. The molecule has 6 atom stereocenters. The second-order valence-electron chi connectivity index (χ2n) is 14.0. The van der Waals surface area contributed by atoms with Crippen molar-refractivity contribution in [3.63, 3.8) is 0 Å². The first kappa shape index (κ1) is 29.0.